The largest absolute Gasteiger partial charge is 0.481 e. The monoisotopic (exact) mass is 156 g/mol. The fourth-order valence-corrected chi connectivity index (χ4v) is 0.719. The van der Waals surface area contributed by atoms with Crippen molar-refractivity contribution >= 4 is 11.9 Å². The first-order valence-corrected chi connectivity index (χ1v) is 3.18. The van der Waals surface area contributed by atoms with E-state index in [0.29, 0.717) is 5.57 Å². The van der Waals surface area contributed by atoms with Crippen LogP contribution in [0.3, 0.4) is 0 Å². The first-order chi connectivity index (χ1) is 5.11. The second kappa shape index (κ2) is 2.74. The fraction of sp³-hybridized carbons (Fsp3) is 0.429. The molecule has 1 aliphatic carbocycles. The Hall–Kier alpha value is -1.32. The van der Waals surface area contributed by atoms with Gasteiger partial charge in [-0.2, -0.15) is 0 Å². The fourth-order valence-electron chi connectivity index (χ4n) is 0.719. The highest BCUT2D eigenvalue weighted by Crippen LogP contribution is 2.28. The van der Waals surface area contributed by atoms with Crippen LogP contribution in [0.5, 0.6) is 0 Å². The number of hydrogen-bond donors (Lipinski definition) is 1. The van der Waals surface area contributed by atoms with Crippen molar-refractivity contribution in [1.29, 1.82) is 0 Å². The number of carboxylic acids is 1. The minimum absolute atomic E-state index is 0.117. The summed E-state index contributed by atoms with van der Waals surface area (Å²) in [6.45, 7) is 1.41. The number of aliphatic carboxylic acids is 1. The summed E-state index contributed by atoms with van der Waals surface area (Å²) in [5.41, 5.74) is 0.674. The van der Waals surface area contributed by atoms with E-state index in [1.165, 1.54) is 6.92 Å². The van der Waals surface area contributed by atoms with Crippen LogP contribution in [0.4, 0.5) is 0 Å². The van der Waals surface area contributed by atoms with Gasteiger partial charge in [-0.1, -0.05) is 6.08 Å². The van der Waals surface area contributed by atoms with Crippen molar-refractivity contribution in [1.82, 2.24) is 0 Å². The average Bonchev–Trinajstić information content (AvgIpc) is 2.61. The Labute approximate surface area is 63.5 Å². The molecule has 1 unspecified atom stereocenters. The molecule has 0 heterocycles. The van der Waals surface area contributed by atoms with Crippen molar-refractivity contribution in [2.24, 2.45) is 5.92 Å². The zero-order valence-electron chi connectivity index (χ0n) is 6.03. The van der Waals surface area contributed by atoms with Gasteiger partial charge in [-0.05, 0) is 5.57 Å². The summed E-state index contributed by atoms with van der Waals surface area (Å²) < 4.78 is 4.58. The van der Waals surface area contributed by atoms with Crippen molar-refractivity contribution in [3.8, 4) is 0 Å². The van der Waals surface area contributed by atoms with E-state index < -0.39 is 11.9 Å². The number of esters is 1. The number of carbonyl (C=O) groups is 2. The first-order valence-electron chi connectivity index (χ1n) is 3.18. The molecule has 0 amide bonds. The molecular formula is C7H8O4. The third-order valence-corrected chi connectivity index (χ3v) is 1.38. The van der Waals surface area contributed by atoms with E-state index in [-0.39, 0.29) is 12.6 Å². The first kappa shape index (κ1) is 7.78. The lowest BCUT2D eigenvalue weighted by Crippen LogP contribution is -2.05. The maximum atomic E-state index is 10.3. The van der Waals surface area contributed by atoms with Crippen LogP contribution >= 0.6 is 0 Å². The standard InChI is InChI=1S/C7H8O4/c1-4(8)11-3-5-2-6(5)7(9)10/h2,6H,3H2,1H3,(H,9,10). The summed E-state index contributed by atoms with van der Waals surface area (Å²) in [4.78, 5) is 20.5. The predicted octanol–water partition coefficient (Wildman–Crippen LogP) is 0.190. The normalized spacial score (nSPS) is 20.5. The van der Waals surface area contributed by atoms with Crippen molar-refractivity contribution in [2.75, 3.05) is 6.61 Å². The van der Waals surface area contributed by atoms with Crippen molar-refractivity contribution in [3.05, 3.63) is 11.6 Å². The molecule has 0 spiro atoms. The second-order valence-corrected chi connectivity index (χ2v) is 2.34. The molecule has 1 N–H and O–H groups in total. The van der Waals surface area contributed by atoms with Crippen molar-refractivity contribution in [2.45, 2.75) is 6.92 Å². The lowest BCUT2D eigenvalue weighted by atomic mass is 10.3. The number of carboxylic acid groups (broad SMARTS) is 1. The van der Waals surface area contributed by atoms with Crippen LogP contribution in [0.1, 0.15) is 6.92 Å². The molecule has 11 heavy (non-hydrogen) atoms. The zero-order chi connectivity index (χ0) is 8.43. The summed E-state index contributed by atoms with van der Waals surface area (Å²) in [6, 6.07) is 0. The second-order valence-electron chi connectivity index (χ2n) is 2.34. The molecule has 0 aromatic heterocycles. The smallest absolute Gasteiger partial charge is 0.314 e. The van der Waals surface area contributed by atoms with Gasteiger partial charge < -0.3 is 9.84 Å². The molecule has 4 nitrogen and oxygen atoms in total. The lowest BCUT2D eigenvalue weighted by Gasteiger charge is -1.96. The summed E-state index contributed by atoms with van der Waals surface area (Å²) in [5.74, 6) is -1.76. The molecule has 1 aliphatic rings. The lowest BCUT2D eigenvalue weighted by molar-refractivity contribution is -0.141. The average molecular weight is 156 g/mol. The third kappa shape index (κ3) is 2.07. The molecule has 0 bridgehead atoms. The van der Waals surface area contributed by atoms with Gasteiger partial charge in [-0.25, -0.2) is 0 Å². The molecule has 0 saturated heterocycles. The van der Waals surface area contributed by atoms with Gasteiger partial charge >= 0.3 is 11.9 Å². The SMILES string of the molecule is CC(=O)OCC1=CC1C(=O)O. The van der Waals surface area contributed by atoms with E-state index in [1.807, 2.05) is 0 Å². The highest BCUT2D eigenvalue weighted by Gasteiger charge is 2.32. The maximum Gasteiger partial charge on any atom is 0.314 e. The van der Waals surface area contributed by atoms with Gasteiger partial charge in [0.1, 0.15) is 6.61 Å². The Morgan fingerprint density at radius 3 is 2.73 bits per heavy atom. The van der Waals surface area contributed by atoms with Crippen LogP contribution in [-0.2, 0) is 14.3 Å². The van der Waals surface area contributed by atoms with Crippen molar-refractivity contribution < 1.29 is 19.4 Å². The van der Waals surface area contributed by atoms with E-state index in [4.69, 9.17) is 5.11 Å². The minimum Gasteiger partial charge on any atom is -0.481 e. The summed E-state index contributed by atoms with van der Waals surface area (Å²) >= 11 is 0. The zero-order valence-corrected chi connectivity index (χ0v) is 6.03. The molecule has 1 rings (SSSR count). The summed E-state index contributed by atoms with van der Waals surface area (Å²) in [5, 5.41) is 8.40. The Morgan fingerprint density at radius 2 is 2.36 bits per heavy atom. The quantitative estimate of drug-likeness (QED) is 0.468. The number of ether oxygens (including phenoxy) is 1. The van der Waals surface area contributed by atoms with Crippen LogP contribution in [-0.4, -0.2) is 23.7 Å². The number of hydrogen-bond acceptors (Lipinski definition) is 3. The Kier molecular flexibility index (Phi) is 1.94. The van der Waals surface area contributed by atoms with Gasteiger partial charge in [-0.15, -0.1) is 0 Å². The molecule has 0 fully saturated rings. The minimum atomic E-state index is -0.882. The Balaban J connectivity index is 2.18. The van der Waals surface area contributed by atoms with E-state index in [2.05, 4.69) is 4.74 Å². The molecule has 0 aromatic carbocycles. The number of rotatable bonds is 3. The van der Waals surface area contributed by atoms with Gasteiger partial charge in [0, 0.05) is 6.92 Å². The highest BCUT2D eigenvalue weighted by atomic mass is 16.5. The van der Waals surface area contributed by atoms with Crippen LogP contribution in [0.15, 0.2) is 11.6 Å². The summed E-state index contributed by atoms with van der Waals surface area (Å²) in [6.07, 6.45) is 1.56. The molecule has 60 valence electrons. The van der Waals surface area contributed by atoms with Gasteiger partial charge in [0.25, 0.3) is 0 Å². The molecule has 0 saturated carbocycles. The van der Waals surface area contributed by atoms with Crippen molar-refractivity contribution in [3.63, 3.8) is 0 Å². The molecule has 4 heteroatoms. The third-order valence-electron chi connectivity index (χ3n) is 1.38. The topological polar surface area (TPSA) is 63.6 Å². The van der Waals surface area contributed by atoms with E-state index in [0.717, 1.165) is 0 Å². The Morgan fingerprint density at radius 1 is 1.73 bits per heavy atom. The molecule has 1 atom stereocenters. The summed E-state index contributed by atoms with van der Waals surface area (Å²) in [7, 11) is 0. The number of carbonyl (C=O) groups excluding carboxylic acids is 1. The van der Waals surface area contributed by atoms with Crippen LogP contribution in [0, 0.1) is 5.92 Å². The van der Waals surface area contributed by atoms with Gasteiger partial charge in [-0.3, -0.25) is 9.59 Å². The van der Waals surface area contributed by atoms with Gasteiger partial charge in [0.2, 0.25) is 0 Å². The highest BCUT2D eigenvalue weighted by molar-refractivity contribution is 5.81. The molecule has 0 aromatic rings. The van der Waals surface area contributed by atoms with E-state index in [1.54, 1.807) is 6.08 Å². The molecular weight excluding hydrogens is 148 g/mol. The van der Waals surface area contributed by atoms with E-state index in [9.17, 15) is 9.59 Å². The Bertz CT molecular complexity index is 229. The van der Waals surface area contributed by atoms with Crippen LogP contribution in [0.25, 0.3) is 0 Å². The molecule has 0 aliphatic heterocycles. The van der Waals surface area contributed by atoms with Gasteiger partial charge in [0.05, 0.1) is 5.92 Å². The maximum absolute atomic E-state index is 10.3. The van der Waals surface area contributed by atoms with Crippen LogP contribution < -0.4 is 0 Å². The van der Waals surface area contributed by atoms with Gasteiger partial charge in [0.15, 0.2) is 0 Å². The van der Waals surface area contributed by atoms with Crippen LogP contribution in [0.2, 0.25) is 0 Å². The predicted molar refractivity (Wildman–Crippen MR) is 35.8 cm³/mol. The molecule has 0 radical (unpaired) electrons. The van der Waals surface area contributed by atoms with E-state index >= 15 is 0 Å².